The first-order valence-electron chi connectivity index (χ1n) is 13.7. The molecule has 208 valence electrons. The molecule has 8 heteroatoms. The van der Waals surface area contributed by atoms with Gasteiger partial charge >= 0.3 is 6.18 Å². The molecule has 3 aromatic carbocycles. The number of nitrogens with zero attached hydrogens (tertiary/aromatic N) is 2. The van der Waals surface area contributed by atoms with Gasteiger partial charge in [-0.25, -0.2) is 8.42 Å². The smallest absolute Gasteiger partial charge is 0.300 e. The molecule has 1 aliphatic carbocycles. The average Bonchev–Trinajstić information content (AvgIpc) is 2.94. The van der Waals surface area contributed by atoms with Crippen LogP contribution >= 0.6 is 0 Å². The number of sulfonamides is 1. The second-order valence-electron chi connectivity index (χ2n) is 10.8. The first-order valence-corrected chi connectivity index (χ1v) is 15.2. The van der Waals surface area contributed by atoms with E-state index in [-0.39, 0.29) is 10.6 Å². The first-order chi connectivity index (χ1) is 18.7. The lowest BCUT2D eigenvalue weighted by Gasteiger charge is -2.45. The monoisotopic (exact) mass is 556 g/mol. The maximum Gasteiger partial charge on any atom is 0.416 e. The zero-order valence-corrected chi connectivity index (χ0v) is 23.0. The van der Waals surface area contributed by atoms with E-state index in [0.29, 0.717) is 43.5 Å². The van der Waals surface area contributed by atoms with Gasteiger partial charge in [-0.1, -0.05) is 67.4 Å². The summed E-state index contributed by atoms with van der Waals surface area (Å²) in [6.07, 6.45) is 1.15. The van der Waals surface area contributed by atoms with Gasteiger partial charge in [0.1, 0.15) is 0 Å². The molecule has 4 nitrogen and oxygen atoms in total. The molecule has 2 unspecified atom stereocenters. The lowest BCUT2D eigenvalue weighted by atomic mass is 9.78. The molecule has 0 amide bonds. The zero-order chi connectivity index (χ0) is 27.6. The van der Waals surface area contributed by atoms with E-state index in [4.69, 9.17) is 0 Å². The molecule has 2 fully saturated rings. The molecule has 1 aliphatic heterocycles. The second kappa shape index (κ2) is 11.3. The Morgan fingerprint density at radius 1 is 0.821 bits per heavy atom. The minimum atomic E-state index is -4.56. The van der Waals surface area contributed by atoms with E-state index in [2.05, 4.69) is 29.2 Å². The summed E-state index contributed by atoms with van der Waals surface area (Å²) in [6.45, 7) is 3.13. The quantitative estimate of drug-likeness (QED) is 0.318. The van der Waals surface area contributed by atoms with Crippen LogP contribution in [0.3, 0.4) is 0 Å². The third kappa shape index (κ3) is 5.87. The van der Waals surface area contributed by atoms with Crippen LogP contribution < -0.4 is 4.31 Å². The number of aryl methyl sites for hydroxylation is 1. The molecular weight excluding hydrogens is 521 g/mol. The van der Waals surface area contributed by atoms with Crippen LogP contribution in [0.1, 0.15) is 61.1 Å². The molecule has 1 saturated heterocycles. The maximum atomic E-state index is 14.1. The molecule has 0 N–H and O–H groups in total. The van der Waals surface area contributed by atoms with E-state index in [1.54, 1.807) is 25.1 Å². The summed E-state index contributed by atoms with van der Waals surface area (Å²) in [6, 6.07) is 21.9. The van der Waals surface area contributed by atoms with Crippen LogP contribution in [0, 0.1) is 6.92 Å². The van der Waals surface area contributed by atoms with Crippen molar-refractivity contribution in [2.75, 3.05) is 17.4 Å². The van der Waals surface area contributed by atoms with Gasteiger partial charge in [0.15, 0.2) is 0 Å². The van der Waals surface area contributed by atoms with Crippen LogP contribution in [-0.2, 0) is 16.2 Å². The van der Waals surface area contributed by atoms with E-state index >= 15 is 0 Å². The third-order valence-corrected chi connectivity index (χ3v) is 10.4. The minimum absolute atomic E-state index is 0.0614. The molecule has 3 aromatic rings. The van der Waals surface area contributed by atoms with Gasteiger partial charge in [0.05, 0.1) is 16.1 Å². The Morgan fingerprint density at radius 2 is 1.49 bits per heavy atom. The third-order valence-electron chi connectivity index (χ3n) is 8.32. The number of alkyl halides is 3. The summed E-state index contributed by atoms with van der Waals surface area (Å²) in [5.41, 5.74) is 1.12. The number of hydrogen-bond donors (Lipinski definition) is 0. The standard InChI is InChI=1S/C31H35F3N2O2S/c1-23-10-5-8-17-30(23)39(37,38)36(27-14-9-13-25(22-27)31(32,33)34)26-18-20-35(21-19-26)29-16-7-6-15-28(29)24-11-3-2-4-12-24/h2-5,8-14,17,22,26,28-29H,6-7,15-16,18-21H2,1H3. The molecule has 1 heterocycles. The van der Waals surface area contributed by atoms with Crippen molar-refractivity contribution in [1.29, 1.82) is 0 Å². The van der Waals surface area contributed by atoms with Crippen molar-refractivity contribution in [2.24, 2.45) is 0 Å². The number of likely N-dealkylation sites (tertiary alicyclic amines) is 1. The highest BCUT2D eigenvalue weighted by Crippen LogP contribution is 2.40. The summed E-state index contributed by atoms with van der Waals surface area (Å²) in [4.78, 5) is 2.61. The Hall–Kier alpha value is -2.84. The highest BCUT2D eigenvalue weighted by atomic mass is 32.2. The average molecular weight is 557 g/mol. The van der Waals surface area contributed by atoms with Gasteiger partial charge in [0, 0.05) is 25.2 Å². The predicted octanol–water partition coefficient (Wildman–Crippen LogP) is 7.40. The predicted molar refractivity (Wildman–Crippen MR) is 148 cm³/mol. The molecule has 2 atom stereocenters. The van der Waals surface area contributed by atoms with Crippen molar-refractivity contribution in [1.82, 2.24) is 4.90 Å². The summed E-state index contributed by atoms with van der Waals surface area (Å²) >= 11 is 0. The lowest BCUT2D eigenvalue weighted by Crippen LogP contribution is -2.51. The first kappa shape index (κ1) is 27.7. The fourth-order valence-corrected chi connectivity index (χ4v) is 8.34. The van der Waals surface area contributed by atoms with Gasteiger partial charge in [-0.15, -0.1) is 0 Å². The van der Waals surface area contributed by atoms with Crippen molar-refractivity contribution < 1.29 is 21.6 Å². The van der Waals surface area contributed by atoms with E-state index in [1.165, 1.54) is 40.9 Å². The van der Waals surface area contributed by atoms with Crippen molar-refractivity contribution in [3.8, 4) is 0 Å². The molecule has 0 aromatic heterocycles. The fraction of sp³-hybridized carbons (Fsp3) is 0.419. The second-order valence-corrected chi connectivity index (χ2v) is 12.5. The SMILES string of the molecule is Cc1ccccc1S(=O)(=O)N(c1cccc(C(F)(F)F)c1)C1CCN(C2CCCCC2c2ccccc2)CC1. The van der Waals surface area contributed by atoms with Crippen LogP contribution in [0.15, 0.2) is 83.8 Å². The van der Waals surface area contributed by atoms with E-state index in [0.717, 1.165) is 25.0 Å². The maximum absolute atomic E-state index is 14.1. The van der Waals surface area contributed by atoms with Crippen LogP contribution in [0.2, 0.25) is 0 Å². The van der Waals surface area contributed by atoms with Gasteiger partial charge in [-0.05, 0) is 73.9 Å². The highest BCUT2D eigenvalue weighted by Gasteiger charge is 2.39. The lowest BCUT2D eigenvalue weighted by molar-refractivity contribution is -0.137. The molecule has 0 radical (unpaired) electrons. The largest absolute Gasteiger partial charge is 0.416 e. The molecule has 0 bridgehead atoms. The molecular formula is C31H35F3N2O2S. The van der Waals surface area contributed by atoms with Crippen molar-refractivity contribution >= 4 is 15.7 Å². The van der Waals surface area contributed by atoms with Crippen molar-refractivity contribution in [3.63, 3.8) is 0 Å². The highest BCUT2D eigenvalue weighted by molar-refractivity contribution is 7.93. The Bertz CT molecular complexity index is 1370. The number of anilines is 1. The Morgan fingerprint density at radius 3 is 2.18 bits per heavy atom. The summed E-state index contributed by atoms with van der Waals surface area (Å²) in [5.74, 6) is 0.437. The van der Waals surface area contributed by atoms with Crippen LogP contribution in [0.25, 0.3) is 0 Å². The number of piperidine rings is 1. The van der Waals surface area contributed by atoms with Gasteiger partial charge in [-0.3, -0.25) is 9.21 Å². The van der Waals surface area contributed by atoms with Crippen LogP contribution in [0.4, 0.5) is 18.9 Å². The number of rotatable bonds is 6. The number of hydrogen-bond acceptors (Lipinski definition) is 3. The molecule has 39 heavy (non-hydrogen) atoms. The molecule has 1 saturated carbocycles. The van der Waals surface area contributed by atoms with Crippen molar-refractivity contribution in [2.45, 2.75) is 74.5 Å². The number of benzene rings is 3. The Balaban J connectivity index is 1.44. The normalized spacial score (nSPS) is 21.5. The summed E-state index contributed by atoms with van der Waals surface area (Å²) < 4.78 is 70.2. The minimum Gasteiger partial charge on any atom is -0.300 e. The van der Waals surface area contributed by atoms with Gasteiger partial charge in [-0.2, -0.15) is 13.2 Å². The van der Waals surface area contributed by atoms with Gasteiger partial charge < -0.3 is 0 Å². The topological polar surface area (TPSA) is 40.6 Å². The molecule has 5 rings (SSSR count). The Kier molecular flexibility index (Phi) is 8.06. The van der Waals surface area contributed by atoms with Gasteiger partial charge in [0.2, 0.25) is 0 Å². The van der Waals surface area contributed by atoms with E-state index < -0.39 is 27.8 Å². The fourth-order valence-electron chi connectivity index (χ4n) is 6.41. The van der Waals surface area contributed by atoms with Crippen LogP contribution in [-0.4, -0.2) is 38.5 Å². The molecule has 0 spiro atoms. The summed E-state index contributed by atoms with van der Waals surface area (Å²) in [7, 11) is -4.10. The summed E-state index contributed by atoms with van der Waals surface area (Å²) in [5, 5.41) is 0. The van der Waals surface area contributed by atoms with Crippen LogP contribution in [0.5, 0.6) is 0 Å². The Labute approximate surface area is 229 Å². The van der Waals surface area contributed by atoms with Gasteiger partial charge in [0.25, 0.3) is 10.0 Å². The molecule has 2 aliphatic rings. The zero-order valence-electron chi connectivity index (χ0n) is 22.1. The number of halogens is 3. The van der Waals surface area contributed by atoms with Crippen molar-refractivity contribution in [3.05, 3.63) is 95.6 Å². The van der Waals surface area contributed by atoms with E-state index in [1.807, 2.05) is 6.07 Å². The van der Waals surface area contributed by atoms with E-state index in [9.17, 15) is 21.6 Å².